The van der Waals surface area contributed by atoms with Crippen molar-refractivity contribution in [2.75, 3.05) is 35.7 Å². The highest BCUT2D eigenvalue weighted by atomic mass is 32.2. The van der Waals surface area contributed by atoms with Crippen LogP contribution in [0.25, 0.3) is 0 Å². The number of unbranched alkanes of at least 4 members (excludes halogenated alkanes) is 1. The number of hydrogen-bond acceptors (Lipinski definition) is 6. The molecule has 1 aromatic heterocycles. The highest BCUT2D eigenvalue weighted by molar-refractivity contribution is 7.90. The summed E-state index contributed by atoms with van der Waals surface area (Å²) in [5, 5.41) is 0. The lowest BCUT2D eigenvalue weighted by Crippen LogP contribution is -2.39. The van der Waals surface area contributed by atoms with Crippen molar-refractivity contribution < 1.29 is 8.42 Å². The Morgan fingerprint density at radius 1 is 1.35 bits per heavy atom. The van der Waals surface area contributed by atoms with E-state index < -0.39 is 9.84 Å². The summed E-state index contributed by atoms with van der Waals surface area (Å²) in [5.74, 6) is 1.60. The van der Waals surface area contributed by atoms with Gasteiger partial charge < -0.3 is 10.6 Å². The second-order valence-electron chi connectivity index (χ2n) is 6.62. The van der Waals surface area contributed by atoms with Crippen molar-refractivity contribution in [3.05, 3.63) is 11.3 Å². The van der Waals surface area contributed by atoms with Gasteiger partial charge in [-0.1, -0.05) is 13.3 Å². The molecule has 1 fully saturated rings. The first kappa shape index (κ1) is 18.0. The molecule has 2 rings (SSSR count). The molecule has 0 unspecified atom stereocenters. The zero-order valence-corrected chi connectivity index (χ0v) is 15.2. The van der Waals surface area contributed by atoms with Crippen LogP contribution in [0, 0.1) is 12.8 Å². The maximum atomic E-state index is 11.6. The number of aromatic nitrogens is 2. The van der Waals surface area contributed by atoms with Crippen LogP contribution in [0.1, 0.15) is 43.9 Å². The molecule has 2 heterocycles. The predicted octanol–water partition coefficient (Wildman–Crippen LogP) is 1.97. The monoisotopic (exact) mass is 340 g/mol. The number of rotatable bonds is 6. The minimum absolute atomic E-state index is 0.161. The van der Waals surface area contributed by atoms with Gasteiger partial charge in [0.2, 0.25) is 5.95 Å². The van der Waals surface area contributed by atoms with Crippen molar-refractivity contribution in [2.24, 2.45) is 5.92 Å². The topological polar surface area (TPSA) is 89.2 Å². The lowest BCUT2D eigenvalue weighted by atomic mass is 9.98. The van der Waals surface area contributed by atoms with Crippen molar-refractivity contribution in [2.45, 2.75) is 46.0 Å². The fraction of sp³-hybridized carbons (Fsp3) is 0.750. The molecule has 0 saturated carbocycles. The lowest BCUT2D eigenvalue weighted by molar-refractivity contribution is 0.441. The van der Waals surface area contributed by atoms with Gasteiger partial charge in [-0.05, 0) is 38.5 Å². The first-order chi connectivity index (χ1) is 10.8. The van der Waals surface area contributed by atoms with Gasteiger partial charge in [-0.2, -0.15) is 4.98 Å². The van der Waals surface area contributed by atoms with E-state index in [1.807, 2.05) is 6.92 Å². The van der Waals surface area contributed by atoms with E-state index in [2.05, 4.69) is 21.8 Å². The van der Waals surface area contributed by atoms with Crippen molar-refractivity contribution in [3.63, 3.8) is 0 Å². The van der Waals surface area contributed by atoms with Crippen molar-refractivity contribution in [1.82, 2.24) is 9.97 Å². The van der Waals surface area contributed by atoms with Crippen molar-refractivity contribution in [3.8, 4) is 0 Å². The minimum atomic E-state index is -2.95. The fourth-order valence-corrected chi connectivity index (χ4v) is 4.46. The molecule has 1 aliphatic rings. The quantitative estimate of drug-likeness (QED) is 0.851. The third-order valence-electron chi connectivity index (χ3n) is 4.35. The molecular weight excluding hydrogens is 312 g/mol. The Morgan fingerprint density at radius 3 is 2.74 bits per heavy atom. The van der Waals surface area contributed by atoms with E-state index in [0.717, 1.165) is 62.3 Å². The van der Waals surface area contributed by atoms with Gasteiger partial charge in [0, 0.05) is 30.6 Å². The van der Waals surface area contributed by atoms with E-state index in [-0.39, 0.29) is 11.7 Å². The molecule has 0 bridgehead atoms. The summed E-state index contributed by atoms with van der Waals surface area (Å²) in [6.45, 7) is 5.76. The van der Waals surface area contributed by atoms with Gasteiger partial charge in [0.25, 0.3) is 0 Å². The van der Waals surface area contributed by atoms with E-state index >= 15 is 0 Å². The Balaban J connectivity index is 2.25. The van der Waals surface area contributed by atoms with Crippen LogP contribution in [-0.2, 0) is 16.3 Å². The van der Waals surface area contributed by atoms with Crippen LogP contribution >= 0.6 is 0 Å². The van der Waals surface area contributed by atoms with Gasteiger partial charge in [0.1, 0.15) is 15.7 Å². The molecule has 0 spiro atoms. The second-order valence-corrected chi connectivity index (χ2v) is 8.80. The molecule has 6 nitrogen and oxygen atoms in total. The molecule has 0 aromatic carbocycles. The molecule has 23 heavy (non-hydrogen) atoms. The average molecular weight is 340 g/mol. The van der Waals surface area contributed by atoms with Crippen LogP contribution in [0.3, 0.4) is 0 Å². The summed E-state index contributed by atoms with van der Waals surface area (Å²) in [4.78, 5) is 11.0. The van der Waals surface area contributed by atoms with Crippen LogP contribution in [0.4, 0.5) is 11.8 Å². The summed E-state index contributed by atoms with van der Waals surface area (Å²) in [6, 6.07) is 0. The van der Waals surface area contributed by atoms with Crippen molar-refractivity contribution in [1.29, 1.82) is 0 Å². The van der Waals surface area contributed by atoms with Gasteiger partial charge >= 0.3 is 0 Å². The third-order valence-corrected chi connectivity index (χ3v) is 5.42. The largest absolute Gasteiger partial charge is 0.368 e. The van der Waals surface area contributed by atoms with Crippen LogP contribution < -0.4 is 10.6 Å². The highest BCUT2D eigenvalue weighted by Gasteiger charge is 2.26. The summed E-state index contributed by atoms with van der Waals surface area (Å²) >= 11 is 0. The van der Waals surface area contributed by atoms with Gasteiger partial charge in [-0.25, -0.2) is 13.4 Å². The molecule has 1 aromatic rings. The lowest BCUT2D eigenvalue weighted by Gasteiger charge is -2.34. The molecule has 1 atom stereocenters. The molecule has 0 aliphatic carbocycles. The molecular formula is C16H28N4O2S. The zero-order chi connectivity index (χ0) is 17.0. The van der Waals surface area contributed by atoms with E-state index in [1.54, 1.807) is 0 Å². The maximum Gasteiger partial charge on any atom is 0.222 e. The van der Waals surface area contributed by atoms with Gasteiger partial charge in [-0.15, -0.1) is 0 Å². The van der Waals surface area contributed by atoms with Crippen molar-refractivity contribution >= 4 is 21.6 Å². The first-order valence-corrected chi connectivity index (χ1v) is 10.4. The fourth-order valence-electron chi connectivity index (χ4n) is 3.33. The number of hydrogen-bond donors (Lipinski definition) is 1. The van der Waals surface area contributed by atoms with E-state index in [9.17, 15) is 8.42 Å². The molecule has 7 heteroatoms. The Morgan fingerprint density at radius 2 is 2.09 bits per heavy atom. The van der Waals surface area contributed by atoms with Crippen LogP contribution in [0.2, 0.25) is 0 Å². The summed E-state index contributed by atoms with van der Waals surface area (Å²) in [5.41, 5.74) is 7.95. The smallest absolute Gasteiger partial charge is 0.222 e. The van der Waals surface area contributed by atoms with Gasteiger partial charge in [0.05, 0.1) is 5.75 Å². The minimum Gasteiger partial charge on any atom is -0.368 e. The molecule has 2 N–H and O–H groups in total. The van der Waals surface area contributed by atoms with E-state index in [0.29, 0.717) is 5.95 Å². The van der Waals surface area contributed by atoms with Gasteiger partial charge in [-0.3, -0.25) is 0 Å². The summed E-state index contributed by atoms with van der Waals surface area (Å²) < 4.78 is 23.2. The molecule has 1 aliphatic heterocycles. The maximum absolute atomic E-state index is 11.6. The Hall–Kier alpha value is -1.37. The summed E-state index contributed by atoms with van der Waals surface area (Å²) in [6.07, 6.45) is 6.38. The van der Waals surface area contributed by atoms with Crippen LogP contribution in [0.5, 0.6) is 0 Å². The Labute approximate surface area is 139 Å². The Kier molecular flexibility index (Phi) is 5.84. The normalized spacial score (nSPS) is 19.1. The highest BCUT2D eigenvalue weighted by Crippen LogP contribution is 2.28. The second kappa shape index (κ2) is 7.47. The Bertz CT molecular complexity index is 646. The zero-order valence-electron chi connectivity index (χ0n) is 14.4. The average Bonchev–Trinajstić information content (AvgIpc) is 2.44. The third kappa shape index (κ3) is 5.06. The number of piperidine rings is 1. The van der Waals surface area contributed by atoms with E-state index in [1.165, 1.54) is 6.26 Å². The number of nitrogens with zero attached hydrogens (tertiary/aromatic N) is 3. The predicted molar refractivity (Wildman–Crippen MR) is 94.4 cm³/mol. The molecule has 0 radical (unpaired) electrons. The standard InChI is InChI=1S/C16H28N4O2S/c1-4-5-8-14-12(2)18-16(17)19-15(14)20-9-6-7-13(10-20)11-23(3,21)22/h13H,4-11H2,1-3H3,(H2,17,18,19)/t13-/m1/s1. The number of nitrogens with two attached hydrogens (primary N) is 1. The number of sulfone groups is 1. The van der Waals surface area contributed by atoms with E-state index in [4.69, 9.17) is 5.73 Å². The number of anilines is 2. The molecule has 1 saturated heterocycles. The summed E-state index contributed by atoms with van der Waals surface area (Å²) in [7, 11) is -2.95. The molecule has 130 valence electrons. The van der Waals surface area contributed by atoms with Crippen LogP contribution in [-0.4, -0.2) is 43.5 Å². The number of nitrogen functional groups attached to an aromatic ring is 1. The molecule has 0 amide bonds. The van der Waals surface area contributed by atoms with Gasteiger partial charge in [0.15, 0.2) is 0 Å². The first-order valence-electron chi connectivity index (χ1n) is 8.35. The van der Waals surface area contributed by atoms with Crippen LogP contribution in [0.15, 0.2) is 0 Å². The number of aryl methyl sites for hydroxylation is 1. The SMILES string of the molecule is CCCCc1c(C)nc(N)nc1N1CCC[C@@H](CS(C)(=O)=O)C1.